The Kier molecular flexibility index (Phi) is 6.32. The summed E-state index contributed by atoms with van der Waals surface area (Å²) in [7, 11) is 1.59. The largest absolute Gasteiger partial charge is 0.495 e. The highest BCUT2D eigenvalue weighted by molar-refractivity contribution is 6.32. The first-order chi connectivity index (χ1) is 15.4. The minimum atomic E-state index is -0.453. The molecule has 2 aromatic heterocycles. The van der Waals surface area contributed by atoms with E-state index in [0.29, 0.717) is 41.8 Å². The van der Waals surface area contributed by atoms with Gasteiger partial charge >= 0.3 is 0 Å². The quantitative estimate of drug-likeness (QED) is 0.583. The number of anilines is 1. The van der Waals surface area contributed by atoms with Crippen LogP contribution in [0.3, 0.4) is 0 Å². The van der Waals surface area contributed by atoms with Crippen molar-refractivity contribution < 1.29 is 13.9 Å². The third-order valence-electron chi connectivity index (χ3n) is 5.77. The first-order valence-corrected chi connectivity index (χ1v) is 10.8. The maximum absolute atomic E-state index is 14.7. The summed E-state index contributed by atoms with van der Waals surface area (Å²) in [5.41, 5.74) is 1.92. The molecule has 1 atom stereocenters. The molecule has 1 amide bonds. The van der Waals surface area contributed by atoms with Crippen LogP contribution in [0.1, 0.15) is 12.6 Å². The van der Waals surface area contributed by atoms with Crippen LogP contribution in [-0.4, -0.2) is 58.4 Å². The summed E-state index contributed by atoms with van der Waals surface area (Å²) < 4.78 is 21.5. The van der Waals surface area contributed by atoms with Gasteiger partial charge in [0, 0.05) is 43.6 Å². The molecule has 3 aromatic rings. The summed E-state index contributed by atoms with van der Waals surface area (Å²) in [4.78, 5) is 21.2. The third kappa shape index (κ3) is 4.27. The fraction of sp³-hybridized carbons (Fsp3) is 0.348. The number of carbonyl (C=O) groups excluding carboxylic acids is 1. The van der Waals surface area contributed by atoms with Gasteiger partial charge in [-0.2, -0.15) is 5.10 Å². The number of ether oxygens (including phenoxy) is 1. The molecule has 1 fully saturated rings. The average Bonchev–Trinajstić information content (AvgIpc) is 3.08. The molecule has 0 saturated carbocycles. The molecule has 1 aliphatic rings. The Labute approximate surface area is 191 Å². The molecule has 1 saturated heterocycles. The van der Waals surface area contributed by atoms with Crippen LogP contribution in [0.4, 0.5) is 10.1 Å². The van der Waals surface area contributed by atoms with Gasteiger partial charge in [0.1, 0.15) is 18.0 Å². The maximum atomic E-state index is 14.7. The van der Waals surface area contributed by atoms with Crippen LogP contribution in [-0.2, 0) is 11.3 Å². The highest BCUT2D eigenvalue weighted by atomic mass is 35.5. The van der Waals surface area contributed by atoms with Crippen molar-refractivity contribution in [2.24, 2.45) is 0 Å². The van der Waals surface area contributed by atoms with Crippen LogP contribution < -0.4 is 9.64 Å². The average molecular weight is 458 g/mol. The standard InChI is InChI=1S/C23H25ClFN5O2/c1-15-13-28(17-7-8-18(24)20(12-17)32-3)10-11-29(15)21(31)14-30-16(2)22(25)23(27-30)19-6-4-5-9-26-19/h4-9,12,15H,10-11,13-14H2,1-3H3. The Hall–Kier alpha value is -3.13. The zero-order valence-corrected chi connectivity index (χ0v) is 19.0. The van der Waals surface area contributed by atoms with Crippen molar-refractivity contribution in [3.05, 3.63) is 59.1 Å². The molecule has 0 bridgehead atoms. The zero-order valence-electron chi connectivity index (χ0n) is 18.3. The number of aromatic nitrogens is 3. The van der Waals surface area contributed by atoms with E-state index in [-0.39, 0.29) is 24.2 Å². The molecule has 0 aliphatic carbocycles. The predicted molar refractivity (Wildman–Crippen MR) is 122 cm³/mol. The second-order valence-corrected chi connectivity index (χ2v) is 8.23. The number of nitrogens with zero attached hydrogens (tertiary/aromatic N) is 5. The highest BCUT2D eigenvalue weighted by Crippen LogP contribution is 2.30. The van der Waals surface area contributed by atoms with Gasteiger partial charge in [0.15, 0.2) is 5.82 Å². The normalized spacial score (nSPS) is 16.3. The van der Waals surface area contributed by atoms with Crippen LogP contribution in [0, 0.1) is 12.7 Å². The topological polar surface area (TPSA) is 63.5 Å². The van der Waals surface area contributed by atoms with E-state index in [0.717, 1.165) is 5.69 Å². The second-order valence-electron chi connectivity index (χ2n) is 7.82. The summed E-state index contributed by atoms with van der Waals surface area (Å²) >= 11 is 6.14. The molecular weight excluding hydrogens is 433 g/mol. The van der Waals surface area contributed by atoms with Crippen LogP contribution in [0.25, 0.3) is 11.4 Å². The fourth-order valence-corrected chi connectivity index (χ4v) is 4.17. The fourth-order valence-electron chi connectivity index (χ4n) is 3.97. The second kappa shape index (κ2) is 9.16. The highest BCUT2D eigenvalue weighted by Gasteiger charge is 2.29. The molecule has 1 unspecified atom stereocenters. The smallest absolute Gasteiger partial charge is 0.244 e. The van der Waals surface area contributed by atoms with Gasteiger partial charge in [-0.05, 0) is 38.1 Å². The number of halogens is 2. The van der Waals surface area contributed by atoms with Crippen molar-refractivity contribution >= 4 is 23.2 Å². The number of benzene rings is 1. The lowest BCUT2D eigenvalue weighted by atomic mass is 10.1. The van der Waals surface area contributed by atoms with Gasteiger partial charge in [0.2, 0.25) is 5.91 Å². The summed E-state index contributed by atoms with van der Waals surface area (Å²) in [6, 6.07) is 10.9. The van der Waals surface area contributed by atoms with Crippen molar-refractivity contribution in [2.45, 2.75) is 26.4 Å². The number of hydrogen-bond acceptors (Lipinski definition) is 5. The molecule has 9 heteroatoms. The zero-order chi connectivity index (χ0) is 22.8. The molecule has 168 valence electrons. The van der Waals surface area contributed by atoms with Crippen molar-refractivity contribution in [3.8, 4) is 17.1 Å². The molecule has 0 N–H and O–H groups in total. The van der Waals surface area contributed by atoms with Gasteiger partial charge in [-0.3, -0.25) is 14.5 Å². The lowest BCUT2D eigenvalue weighted by Crippen LogP contribution is -2.54. The number of amides is 1. The van der Waals surface area contributed by atoms with E-state index in [4.69, 9.17) is 16.3 Å². The number of pyridine rings is 1. The van der Waals surface area contributed by atoms with Crippen molar-refractivity contribution in [1.82, 2.24) is 19.7 Å². The number of hydrogen-bond donors (Lipinski definition) is 0. The van der Waals surface area contributed by atoms with Gasteiger partial charge in [0.05, 0.1) is 23.5 Å². The number of carbonyl (C=O) groups is 1. The minimum absolute atomic E-state index is 0.0192. The molecule has 1 aliphatic heterocycles. The molecule has 0 radical (unpaired) electrons. The van der Waals surface area contributed by atoms with Crippen molar-refractivity contribution in [2.75, 3.05) is 31.6 Å². The van der Waals surface area contributed by atoms with E-state index in [1.807, 2.05) is 30.0 Å². The summed E-state index contributed by atoms with van der Waals surface area (Å²) in [6.07, 6.45) is 1.59. The molecule has 3 heterocycles. The maximum Gasteiger partial charge on any atom is 0.244 e. The summed E-state index contributed by atoms with van der Waals surface area (Å²) in [6.45, 7) is 5.51. The number of rotatable bonds is 5. The first-order valence-electron chi connectivity index (χ1n) is 10.4. The Morgan fingerprint density at radius 1 is 1.28 bits per heavy atom. The predicted octanol–water partition coefficient (Wildman–Crippen LogP) is 3.79. The summed E-state index contributed by atoms with van der Waals surface area (Å²) in [5.74, 6) is 0.0743. The monoisotopic (exact) mass is 457 g/mol. The van der Waals surface area contributed by atoms with E-state index in [1.54, 1.807) is 38.4 Å². The van der Waals surface area contributed by atoms with Gasteiger partial charge in [0.25, 0.3) is 0 Å². The Morgan fingerprint density at radius 3 is 2.78 bits per heavy atom. The van der Waals surface area contributed by atoms with Gasteiger partial charge in [-0.15, -0.1) is 0 Å². The lowest BCUT2D eigenvalue weighted by Gasteiger charge is -2.41. The molecule has 4 rings (SSSR count). The van der Waals surface area contributed by atoms with Gasteiger partial charge < -0.3 is 14.5 Å². The van der Waals surface area contributed by atoms with E-state index >= 15 is 0 Å². The van der Waals surface area contributed by atoms with Crippen LogP contribution in [0.2, 0.25) is 5.02 Å². The van der Waals surface area contributed by atoms with E-state index in [1.165, 1.54) is 4.68 Å². The van der Waals surface area contributed by atoms with Crippen molar-refractivity contribution in [1.29, 1.82) is 0 Å². The van der Waals surface area contributed by atoms with Crippen LogP contribution in [0.5, 0.6) is 5.75 Å². The molecule has 0 spiro atoms. The SMILES string of the molecule is COc1cc(N2CCN(C(=O)Cn3nc(-c4ccccn4)c(F)c3C)C(C)C2)ccc1Cl. The Morgan fingerprint density at radius 2 is 2.09 bits per heavy atom. The van der Waals surface area contributed by atoms with E-state index in [9.17, 15) is 9.18 Å². The molecule has 7 nitrogen and oxygen atoms in total. The first kappa shape index (κ1) is 22.1. The lowest BCUT2D eigenvalue weighted by molar-refractivity contribution is -0.134. The van der Waals surface area contributed by atoms with E-state index < -0.39 is 5.82 Å². The Balaban J connectivity index is 1.45. The molecular formula is C23H25ClFN5O2. The molecule has 1 aromatic carbocycles. The summed E-state index contributed by atoms with van der Waals surface area (Å²) in [5, 5.41) is 4.88. The van der Waals surface area contributed by atoms with Gasteiger partial charge in [-0.1, -0.05) is 17.7 Å². The van der Waals surface area contributed by atoms with Crippen molar-refractivity contribution in [3.63, 3.8) is 0 Å². The Bertz CT molecular complexity index is 1120. The van der Waals surface area contributed by atoms with E-state index in [2.05, 4.69) is 15.0 Å². The minimum Gasteiger partial charge on any atom is -0.495 e. The molecule has 32 heavy (non-hydrogen) atoms. The number of piperazine rings is 1. The van der Waals surface area contributed by atoms with Crippen LogP contribution >= 0.6 is 11.6 Å². The number of methoxy groups -OCH3 is 1. The van der Waals surface area contributed by atoms with Crippen LogP contribution in [0.15, 0.2) is 42.6 Å². The third-order valence-corrected chi connectivity index (χ3v) is 6.09. The van der Waals surface area contributed by atoms with Gasteiger partial charge in [-0.25, -0.2) is 4.39 Å².